The van der Waals surface area contributed by atoms with Gasteiger partial charge in [-0.15, -0.1) is 0 Å². The second-order valence-electron chi connectivity index (χ2n) is 5.95. The number of carbonyl (C=O) groups is 2. The molecule has 0 aliphatic carbocycles. The standard InChI is InChI=1S/C22H13ClO3/c23-21(24)18-7-6-17-13-20(10-9-16(17)11-18)26-22(25)19-8-5-14-3-1-2-4-15(14)12-19/h1-13H. The van der Waals surface area contributed by atoms with Crippen LogP contribution in [-0.2, 0) is 0 Å². The van der Waals surface area contributed by atoms with Crippen molar-refractivity contribution in [1.82, 2.24) is 0 Å². The van der Waals surface area contributed by atoms with Crippen LogP contribution < -0.4 is 4.74 Å². The third-order valence-corrected chi connectivity index (χ3v) is 4.45. The van der Waals surface area contributed by atoms with E-state index in [1.165, 1.54) is 0 Å². The molecule has 0 spiro atoms. The average Bonchev–Trinajstić information content (AvgIpc) is 2.67. The van der Waals surface area contributed by atoms with Gasteiger partial charge in [0.05, 0.1) is 5.56 Å². The quantitative estimate of drug-likeness (QED) is 0.271. The Balaban J connectivity index is 1.61. The van der Waals surface area contributed by atoms with E-state index in [0.29, 0.717) is 16.9 Å². The van der Waals surface area contributed by atoms with E-state index in [-0.39, 0.29) is 0 Å². The lowest BCUT2D eigenvalue weighted by Gasteiger charge is -2.07. The predicted octanol–water partition coefficient (Wildman–Crippen LogP) is 5.59. The minimum Gasteiger partial charge on any atom is -0.423 e. The summed E-state index contributed by atoms with van der Waals surface area (Å²) in [6.07, 6.45) is 0. The van der Waals surface area contributed by atoms with Crippen molar-refractivity contribution in [3.05, 3.63) is 90.0 Å². The lowest BCUT2D eigenvalue weighted by molar-refractivity contribution is 0.0735. The average molecular weight is 361 g/mol. The van der Waals surface area contributed by atoms with Gasteiger partial charge in [0.25, 0.3) is 5.24 Å². The van der Waals surface area contributed by atoms with Gasteiger partial charge >= 0.3 is 5.97 Å². The molecular formula is C22H13ClO3. The Bertz CT molecular complexity index is 1160. The Morgan fingerprint density at radius 1 is 0.654 bits per heavy atom. The fraction of sp³-hybridized carbons (Fsp3) is 0. The van der Waals surface area contributed by atoms with E-state index in [0.717, 1.165) is 21.5 Å². The van der Waals surface area contributed by atoms with Crippen LogP contribution in [0.4, 0.5) is 0 Å². The monoisotopic (exact) mass is 360 g/mol. The summed E-state index contributed by atoms with van der Waals surface area (Å²) in [7, 11) is 0. The van der Waals surface area contributed by atoms with E-state index < -0.39 is 11.2 Å². The molecule has 0 heterocycles. The molecule has 0 aliphatic heterocycles. The molecule has 0 bridgehead atoms. The zero-order valence-corrected chi connectivity index (χ0v) is 14.4. The number of carbonyl (C=O) groups excluding carboxylic acids is 2. The molecule has 0 aliphatic rings. The largest absolute Gasteiger partial charge is 0.423 e. The summed E-state index contributed by atoms with van der Waals surface area (Å²) in [4.78, 5) is 23.7. The molecule has 4 rings (SSSR count). The number of esters is 1. The van der Waals surface area contributed by atoms with Crippen LogP contribution in [0.3, 0.4) is 0 Å². The first-order valence-electron chi connectivity index (χ1n) is 8.05. The normalized spacial score (nSPS) is 10.8. The van der Waals surface area contributed by atoms with E-state index in [4.69, 9.17) is 16.3 Å². The molecule has 0 atom stereocenters. The maximum Gasteiger partial charge on any atom is 0.343 e. The molecule has 0 saturated heterocycles. The van der Waals surface area contributed by atoms with E-state index >= 15 is 0 Å². The van der Waals surface area contributed by atoms with E-state index in [1.807, 2.05) is 36.4 Å². The first-order valence-corrected chi connectivity index (χ1v) is 8.42. The zero-order chi connectivity index (χ0) is 18.1. The molecule has 126 valence electrons. The van der Waals surface area contributed by atoms with Crippen LogP contribution in [0.2, 0.25) is 0 Å². The molecule has 3 nitrogen and oxygen atoms in total. The SMILES string of the molecule is O=C(Cl)c1ccc2cc(OC(=O)c3ccc4ccccc4c3)ccc2c1. The van der Waals surface area contributed by atoms with Crippen molar-refractivity contribution in [2.24, 2.45) is 0 Å². The van der Waals surface area contributed by atoms with Gasteiger partial charge in [-0.1, -0.05) is 42.5 Å². The topological polar surface area (TPSA) is 43.4 Å². The Labute approximate surface area is 154 Å². The highest BCUT2D eigenvalue weighted by Gasteiger charge is 2.10. The second kappa shape index (κ2) is 6.62. The molecule has 0 saturated carbocycles. The Hall–Kier alpha value is -3.17. The molecular weight excluding hydrogens is 348 g/mol. The molecule has 0 radical (unpaired) electrons. The van der Waals surface area contributed by atoms with Crippen LogP contribution >= 0.6 is 11.6 Å². The first kappa shape index (κ1) is 16.3. The van der Waals surface area contributed by atoms with Crippen LogP contribution in [0.25, 0.3) is 21.5 Å². The smallest absolute Gasteiger partial charge is 0.343 e. The summed E-state index contributed by atoms with van der Waals surface area (Å²) in [5.41, 5.74) is 0.923. The van der Waals surface area contributed by atoms with Gasteiger partial charge in [-0.25, -0.2) is 4.79 Å². The molecule has 0 unspecified atom stereocenters. The zero-order valence-electron chi connectivity index (χ0n) is 13.6. The summed E-state index contributed by atoms with van der Waals surface area (Å²) in [5.74, 6) is 0.0308. The van der Waals surface area contributed by atoms with Gasteiger partial charge in [-0.3, -0.25) is 4.79 Å². The Kier molecular flexibility index (Phi) is 4.15. The minimum absolute atomic E-state index is 0.414. The highest BCUT2D eigenvalue weighted by Crippen LogP contribution is 2.24. The van der Waals surface area contributed by atoms with Gasteiger partial charge in [-0.05, 0) is 69.5 Å². The van der Waals surface area contributed by atoms with Crippen molar-refractivity contribution >= 4 is 44.4 Å². The van der Waals surface area contributed by atoms with Crippen molar-refractivity contribution < 1.29 is 14.3 Å². The predicted molar refractivity (Wildman–Crippen MR) is 103 cm³/mol. The van der Waals surface area contributed by atoms with Gasteiger partial charge in [-0.2, -0.15) is 0 Å². The van der Waals surface area contributed by atoms with Crippen LogP contribution in [0.1, 0.15) is 20.7 Å². The summed E-state index contributed by atoms with van der Waals surface area (Å²) in [6.45, 7) is 0. The Morgan fingerprint density at radius 2 is 1.23 bits per heavy atom. The number of halogens is 1. The fourth-order valence-electron chi connectivity index (χ4n) is 2.89. The highest BCUT2D eigenvalue weighted by atomic mass is 35.5. The van der Waals surface area contributed by atoms with E-state index in [1.54, 1.807) is 42.5 Å². The number of fused-ring (bicyclic) bond motifs is 2. The van der Waals surface area contributed by atoms with Gasteiger partial charge in [0.1, 0.15) is 5.75 Å². The van der Waals surface area contributed by atoms with E-state index in [9.17, 15) is 9.59 Å². The first-order chi connectivity index (χ1) is 12.6. The number of ether oxygens (including phenoxy) is 1. The molecule has 0 aromatic heterocycles. The number of hydrogen-bond acceptors (Lipinski definition) is 3. The molecule has 4 heteroatoms. The fourth-order valence-corrected chi connectivity index (χ4v) is 3.01. The summed E-state index contributed by atoms with van der Waals surface area (Å²) in [5, 5.41) is 3.26. The highest BCUT2D eigenvalue weighted by molar-refractivity contribution is 6.67. The maximum atomic E-state index is 12.5. The number of rotatable bonds is 3. The van der Waals surface area contributed by atoms with E-state index in [2.05, 4.69) is 0 Å². The van der Waals surface area contributed by atoms with Gasteiger partial charge in [0.2, 0.25) is 0 Å². The lowest BCUT2D eigenvalue weighted by atomic mass is 10.1. The number of hydrogen-bond donors (Lipinski definition) is 0. The van der Waals surface area contributed by atoms with Gasteiger partial charge in [0, 0.05) is 5.56 Å². The van der Waals surface area contributed by atoms with Crippen molar-refractivity contribution in [3.8, 4) is 5.75 Å². The van der Waals surface area contributed by atoms with Crippen LogP contribution in [0.5, 0.6) is 5.75 Å². The number of benzene rings is 4. The molecule has 0 amide bonds. The second-order valence-corrected chi connectivity index (χ2v) is 6.29. The maximum absolute atomic E-state index is 12.5. The van der Waals surface area contributed by atoms with Gasteiger partial charge in [0.15, 0.2) is 0 Å². The Morgan fingerprint density at radius 3 is 2.04 bits per heavy atom. The van der Waals surface area contributed by atoms with Crippen LogP contribution in [0.15, 0.2) is 78.9 Å². The molecule has 4 aromatic rings. The molecule has 26 heavy (non-hydrogen) atoms. The van der Waals surface area contributed by atoms with Crippen LogP contribution in [0, 0.1) is 0 Å². The van der Waals surface area contributed by atoms with Crippen molar-refractivity contribution in [3.63, 3.8) is 0 Å². The lowest BCUT2D eigenvalue weighted by Crippen LogP contribution is -2.08. The molecule has 0 N–H and O–H groups in total. The summed E-state index contributed by atoms with van der Waals surface area (Å²) in [6, 6.07) is 23.7. The summed E-state index contributed by atoms with van der Waals surface area (Å²) < 4.78 is 5.50. The summed E-state index contributed by atoms with van der Waals surface area (Å²) >= 11 is 5.50. The van der Waals surface area contributed by atoms with Gasteiger partial charge < -0.3 is 4.74 Å². The third-order valence-electron chi connectivity index (χ3n) is 4.23. The van der Waals surface area contributed by atoms with Crippen molar-refractivity contribution in [1.29, 1.82) is 0 Å². The van der Waals surface area contributed by atoms with Crippen molar-refractivity contribution in [2.45, 2.75) is 0 Å². The minimum atomic E-state index is -0.501. The molecule has 4 aromatic carbocycles. The third kappa shape index (κ3) is 3.17. The van der Waals surface area contributed by atoms with Crippen LogP contribution in [-0.4, -0.2) is 11.2 Å². The molecule has 0 fully saturated rings. The van der Waals surface area contributed by atoms with Crippen molar-refractivity contribution in [2.75, 3.05) is 0 Å².